The van der Waals surface area contributed by atoms with Crippen molar-refractivity contribution >= 4 is 5.78 Å². The van der Waals surface area contributed by atoms with E-state index in [2.05, 4.69) is 11.1 Å². The van der Waals surface area contributed by atoms with Crippen molar-refractivity contribution in [2.45, 2.75) is 39.7 Å². The summed E-state index contributed by atoms with van der Waals surface area (Å²) in [4.78, 5) is 15.8. The van der Waals surface area contributed by atoms with E-state index in [0.717, 1.165) is 33.7 Å². The average Bonchev–Trinajstić information content (AvgIpc) is 3.15. The van der Waals surface area contributed by atoms with Crippen LogP contribution in [0, 0.1) is 6.92 Å². The molecule has 0 unspecified atom stereocenters. The Balaban J connectivity index is 1.72. The average molecular weight is 377 g/mol. The van der Waals surface area contributed by atoms with Crippen molar-refractivity contribution in [1.29, 1.82) is 0 Å². The number of nitrogens with one attached hydrogen (secondary N) is 1. The first kappa shape index (κ1) is 19.7. The van der Waals surface area contributed by atoms with Crippen LogP contribution in [-0.2, 0) is 6.42 Å². The predicted molar refractivity (Wildman–Crippen MR) is 112 cm³/mol. The van der Waals surface area contributed by atoms with E-state index in [4.69, 9.17) is 9.47 Å². The molecule has 0 bridgehead atoms. The van der Waals surface area contributed by atoms with Crippen LogP contribution in [-0.4, -0.2) is 24.0 Å². The molecule has 0 radical (unpaired) electrons. The molecule has 0 aliphatic heterocycles. The summed E-state index contributed by atoms with van der Waals surface area (Å²) in [5.74, 6) is 1.62. The third-order valence-corrected chi connectivity index (χ3v) is 4.67. The SMILES string of the molecule is COc1ccc(-c2cc(CCC(=O)c3ccccc3C)c[nH]2)cc1OC(C)C. The Morgan fingerprint density at radius 1 is 1.07 bits per heavy atom. The van der Waals surface area contributed by atoms with E-state index in [0.29, 0.717) is 18.6 Å². The summed E-state index contributed by atoms with van der Waals surface area (Å²) >= 11 is 0. The van der Waals surface area contributed by atoms with Crippen LogP contribution in [0.25, 0.3) is 11.3 Å². The summed E-state index contributed by atoms with van der Waals surface area (Å²) < 4.78 is 11.2. The van der Waals surface area contributed by atoms with E-state index in [1.165, 1.54) is 0 Å². The molecule has 0 saturated heterocycles. The molecule has 3 rings (SSSR count). The number of carbonyl (C=O) groups is 1. The number of H-pyrrole nitrogens is 1. The van der Waals surface area contributed by atoms with Gasteiger partial charge in [-0.25, -0.2) is 0 Å². The summed E-state index contributed by atoms with van der Waals surface area (Å²) in [6, 6.07) is 15.7. The number of aromatic amines is 1. The fourth-order valence-corrected chi connectivity index (χ4v) is 3.22. The Hall–Kier alpha value is -3.01. The van der Waals surface area contributed by atoms with Gasteiger partial charge in [-0.1, -0.05) is 24.3 Å². The minimum Gasteiger partial charge on any atom is -0.493 e. The highest BCUT2D eigenvalue weighted by Gasteiger charge is 2.12. The van der Waals surface area contributed by atoms with Crippen LogP contribution in [0.5, 0.6) is 11.5 Å². The maximum absolute atomic E-state index is 12.5. The normalized spacial score (nSPS) is 10.9. The molecule has 1 heterocycles. The number of aromatic nitrogens is 1. The lowest BCUT2D eigenvalue weighted by Gasteiger charge is -2.14. The van der Waals surface area contributed by atoms with Crippen molar-refractivity contribution in [1.82, 2.24) is 4.98 Å². The van der Waals surface area contributed by atoms with Gasteiger partial charge in [-0.2, -0.15) is 0 Å². The molecule has 28 heavy (non-hydrogen) atoms. The molecule has 0 aliphatic rings. The van der Waals surface area contributed by atoms with Crippen molar-refractivity contribution in [3.63, 3.8) is 0 Å². The molecular formula is C24H27NO3. The van der Waals surface area contributed by atoms with Gasteiger partial charge in [0.15, 0.2) is 17.3 Å². The molecule has 1 N–H and O–H groups in total. The van der Waals surface area contributed by atoms with Gasteiger partial charge in [0.25, 0.3) is 0 Å². The van der Waals surface area contributed by atoms with E-state index < -0.39 is 0 Å². The summed E-state index contributed by atoms with van der Waals surface area (Å²) in [5, 5.41) is 0. The van der Waals surface area contributed by atoms with E-state index in [9.17, 15) is 4.79 Å². The smallest absolute Gasteiger partial charge is 0.163 e. The van der Waals surface area contributed by atoms with E-state index >= 15 is 0 Å². The number of hydrogen-bond donors (Lipinski definition) is 1. The zero-order valence-corrected chi connectivity index (χ0v) is 16.9. The Morgan fingerprint density at radius 2 is 1.86 bits per heavy atom. The first-order valence-electron chi connectivity index (χ1n) is 9.59. The van der Waals surface area contributed by atoms with Crippen LogP contribution < -0.4 is 9.47 Å². The molecule has 0 amide bonds. The summed E-state index contributed by atoms with van der Waals surface area (Å²) in [5.41, 5.74) is 4.96. The first-order valence-corrected chi connectivity index (χ1v) is 9.59. The first-order chi connectivity index (χ1) is 13.5. The van der Waals surface area contributed by atoms with Gasteiger partial charge in [-0.05, 0) is 62.6 Å². The van der Waals surface area contributed by atoms with Gasteiger partial charge >= 0.3 is 0 Å². The zero-order valence-electron chi connectivity index (χ0n) is 16.9. The number of rotatable bonds is 8. The monoisotopic (exact) mass is 377 g/mol. The number of ketones is 1. The number of ether oxygens (including phenoxy) is 2. The number of hydrogen-bond acceptors (Lipinski definition) is 3. The zero-order chi connectivity index (χ0) is 20.1. The quantitative estimate of drug-likeness (QED) is 0.520. The number of carbonyl (C=O) groups excluding carboxylic acids is 1. The fraction of sp³-hybridized carbons (Fsp3) is 0.292. The molecule has 1 aromatic heterocycles. The van der Waals surface area contributed by atoms with Crippen LogP contribution >= 0.6 is 0 Å². The fourth-order valence-electron chi connectivity index (χ4n) is 3.22. The molecular weight excluding hydrogens is 350 g/mol. The number of methoxy groups -OCH3 is 1. The predicted octanol–water partition coefficient (Wildman–Crippen LogP) is 5.60. The van der Waals surface area contributed by atoms with E-state index in [1.54, 1.807) is 7.11 Å². The van der Waals surface area contributed by atoms with E-state index in [1.807, 2.05) is 69.4 Å². The second kappa shape index (κ2) is 8.79. The van der Waals surface area contributed by atoms with Gasteiger partial charge < -0.3 is 14.5 Å². The van der Waals surface area contributed by atoms with Gasteiger partial charge in [-0.3, -0.25) is 4.79 Å². The maximum atomic E-state index is 12.5. The molecule has 0 saturated carbocycles. The third kappa shape index (κ3) is 4.63. The van der Waals surface area contributed by atoms with Crippen molar-refractivity contribution in [2.75, 3.05) is 7.11 Å². The lowest BCUT2D eigenvalue weighted by atomic mass is 10.00. The molecule has 3 aromatic rings. The van der Waals surface area contributed by atoms with Crippen molar-refractivity contribution in [3.05, 3.63) is 71.4 Å². The third-order valence-electron chi connectivity index (χ3n) is 4.67. The van der Waals surface area contributed by atoms with Crippen molar-refractivity contribution < 1.29 is 14.3 Å². The molecule has 0 aliphatic carbocycles. The van der Waals surface area contributed by atoms with Gasteiger partial charge in [0.1, 0.15) is 0 Å². The second-order valence-electron chi connectivity index (χ2n) is 7.19. The minimum absolute atomic E-state index is 0.0656. The largest absolute Gasteiger partial charge is 0.493 e. The number of benzene rings is 2. The molecule has 0 fully saturated rings. The highest BCUT2D eigenvalue weighted by Crippen LogP contribution is 2.33. The molecule has 4 heteroatoms. The Labute approximate surface area is 166 Å². The molecule has 0 atom stereocenters. The van der Waals surface area contributed by atoms with E-state index in [-0.39, 0.29) is 11.9 Å². The number of aryl methyl sites for hydroxylation is 2. The van der Waals surface area contributed by atoms with Crippen molar-refractivity contribution in [2.24, 2.45) is 0 Å². The van der Waals surface area contributed by atoms with Crippen molar-refractivity contribution in [3.8, 4) is 22.8 Å². The lowest BCUT2D eigenvalue weighted by Crippen LogP contribution is -2.06. The van der Waals surface area contributed by atoms with Gasteiger partial charge in [0, 0.05) is 29.4 Å². The molecule has 2 aromatic carbocycles. The Kier molecular flexibility index (Phi) is 6.19. The molecule has 0 spiro atoms. The van der Waals surface area contributed by atoms with Gasteiger partial charge in [0.2, 0.25) is 0 Å². The van der Waals surface area contributed by atoms with Crippen LogP contribution in [0.2, 0.25) is 0 Å². The minimum atomic E-state index is 0.0656. The van der Waals surface area contributed by atoms with Crippen LogP contribution in [0.4, 0.5) is 0 Å². The Morgan fingerprint density at radius 3 is 2.57 bits per heavy atom. The highest BCUT2D eigenvalue weighted by molar-refractivity contribution is 5.97. The number of Topliss-reactive ketones (excluding diaryl/α,β-unsaturated/α-hetero) is 1. The highest BCUT2D eigenvalue weighted by atomic mass is 16.5. The maximum Gasteiger partial charge on any atom is 0.163 e. The summed E-state index contributed by atoms with van der Waals surface area (Å²) in [6.45, 7) is 5.96. The topological polar surface area (TPSA) is 51.3 Å². The molecule has 4 nitrogen and oxygen atoms in total. The molecule has 146 valence electrons. The second-order valence-corrected chi connectivity index (χ2v) is 7.19. The summed E-state index contributed by atoms with van der Waals surface area (Å²) in [7, 11) is 1.64. The van der Waals surface area contributed by atoms with Gasteiger partial charge in [0.05, 0.1) is 13.2 Å². The van der Waals surface area contributed by atoms with Crippen LogP contribution in [0.3, 0.4) is 0 Å². The standard InChI is InChI=1S/C24H27NO3/c1-16(2)28-24-14-19(10-12-23(24)27-4)21-13-18(15-25-21)9-11-22(26)20-8-6-5-7-17(20)3/h5-8,10,12-16,25H,9,11H2,1-4H3. The van der Waals surface area contributed by atoms with Crippen LogP contribution in [0.15, 0.2) is 54.7 Å². The lowest BCUT2D eigenvalue weighted by molar-refractivity contribution is 0.0982. The Bertz CT molecular complexity index is 956. The van der Waals surface area contributed by atoms with Gasteiger partial charge in [-0.15, -0.1) is 0 Å². The summed E-state index contributed by atoms with van der Waals surface area (Å²) in [6.07, 6.45) is 3.23. The van der Waals surface area contributed by atoms with Crippen LogP contribution in [0.1, 0.15) is 41.8 Å².